The summed E-state index contributed by atoms with van der Waals surface area (Å²) in [7, 11) is 2.04. The van der Waals surface area contributed by atoms with Gasteiger partial charge in [0.25, 0.3) is 0 Å². The van der Waals surface area contributed by atoms with E-state index in [-0.39, 0.29) is 11.4 Å². The Balaban J connectivity index is 2.00. The second kappa shape index (κ2) is 4.94. The molecular weight excluding hydrogens is 214 g/mol. The maximum atomic E-state index is 11.9. The molecule has 0 radical (unpaired) electrons. The minimum Gasteiger partial charge on any atom is -0.353 e. The van der Waals surface area contributed by atoms with Crippen molar-refractivity contribution in [3.63, 3.8) is 0 Å². The molecule has 4 nitrogen and oxygen atoms in total. The van der Waals surface area contributed by atoms with Crippen molar-refractivity contribution in [2.24, 2.45) is 0 Å². The Labute approximate surface area is 104 Å². The van der Waals surface area contributed by atoms with Gasteiger partial charge in [0.15, 0.2) is 0 Å². The quantitative estimate of drug-likeness (QED) is 0.746. The Morgan fingerprint density at radius 2 is 1.94 bits per heavy atom. The van der Waals surface area contributed by atoms with Crippen molar-refractivity contribution in [2.45, 2.75) is 57.2 Å². The van der Waals surface area contributed by atoms with Crippen molar-refractivity contribution in [2.75, 3.05) is 20.1 Å². The van der Waals surface area contributed by atoms with E-state index in [9.17, 15) is 4.79 Å². The monoisotopic (exact) mass is 239 g/mol. The Morgan fingerprint density at radius 1 is 1.29 bits per heavy atom. The van der Waals surface area contributed by atoms with Crippen LogP contribution in [0.25, 0.3) is 0 Å². The van der Waals surface area contributed by atoms with Crippen LogP contribution in [0.1, 0.15) is 39.5 Å². The van der Waals surface area contributed by atoms with E-state index in [0.717, 1.165) is 13.1 Å². The normalized spacial score (nSPS) is 34.4. The van der Waals surface area contributed by atoms with Crippen LogP contribution in [-0.2, 0) is 4.79 Å². The summed E-state index contributed by atoms with van der Waals surface area (Å²) in [5, 5.41) is 6.33. The molecule has 98 valence electrons. The van der Waals surface area contributed by atoms with Crippen LogP contribution >= 0.6 is 0 Å². The fraction of sp³-hybridized carbons (Fsp3) is 0.923. The highest BCUT2D eigenvalue weighted by Crippen LogP contribution is 2.29. The third kappa shape index (κ3) is 2.47. The SMILES string of the molecule is CNC1CCC(N2CCNC(=O)C2(C)C)CC1. The van der Waals surface area contributed by atoms with Gasteiger partial charge in [-0.05, 0) is 46.6 Å². The molecule has 0 spiro atoms. The number of hydrogen-bond acceptors (Lipinski definition) is 3. The molecule has 1 saturated carbocycles. The molecule has 0 aromatic carbocycles. The van der Waals surface area contributed by atoms with Gasteiger partial charge in [-0.25, -0.2) is 0 Å². The molecule has 1 amide bonds. The summed E-state index contributed by atoms with van der Waals surface area (Å²) in [4.78, 5) is 14.3. The highest BCUT2D eigenvalue weighted by Gasteiger charge is 2.41. The average Bonchev–Trinajstić information content (AvgIpc) is 2.33. The Bertz CT molecular complexity index is 282. The van der Waals surface area contributed by atoms with E-state index in [1.807, 2.05) is 20.9 Å². The zero-order chi connectivity index (χ0) is 12.5. The lowest BCUT2D eigenvalue weighted by atomic mass is 9.86. The van der Waals surface area contributed by atoms with Crippen LogP contribution in [0.3, 0.4) is 0 Å². The molecule has 17 heavy (non-hydrogen) atoms. The van der Waals surface area contributed by atoms with Gasteiger partial charge in [-0.1, -0.05) is 0 Å². The van der Waals surface area contributed by atoms with Crippen molar-refractivity contribution in [3.8, 4) is 0 Å². The predicted molar refractivity (Wildman–Crippen MR) is 68.9 cm³/mol. The molecule has 1 aliphatic carbocycles. The summed E-state index contributed by atoms with van der Waals surface area (Å²) >= 11 is 0. The maximum Gasteiger partial charge on any atom is 0.240 e. The molecule has 1 heterocycles. The molecular formula is C13H25N3O. The first kappa shape index (κ1) is 12.8. The average molecular weight is 239 g/mol. The first-order chi connectivity index (χ1) is 8.05. The first-order valence-corrected chi connectivity index (χ1v) is 6.78. The molecule has 4 heteroatoms. The summed E-state index contributed by atoms with van der Waals surface area (Å²) in [5.41, 5.74) is -0.338. The summed E-state index contributed by atoms with van der Waals surface area (Å²) in [6.07, 6.45) is 4.88. The van der Waals surface area contributed by atoms with Crippen LogP contribution in [0, 0.1) is 0 Å². The number of rotatable bonds is 2. The second-order valence-corrected chi connectivity index (χ2v) is 5.80. The predicted octanol–water partition coefficient (Wildman–Crippen LogP) is 0.727. The van der Waals surface area contributed by atoms with Crippen molar-refractivity contribution < 1.29 is 4.79 Å². The molecule has 2 rings (SSSR count). The van der Waals surface area contributed by atoms with Crippen LogP contribution in [0.2, 0.25) is 0 Å². The number of nitrogens with one attached hydrogen (secondary N) is 2. The van der Waals surface area contributed by atoms with Crippen molar-refractivity contribution in [1.29, 1.82) is 0 Å². The van der Waals surface area contributed by atoms with Crippen LogP contribution in [0.15, 0.2) is 0 Å². The Kier molecular flexibility index (Phi) is 3.73. The molecule has 2 N–H and O–H groups in total. The number of carbonyl (C=O) groups excluding carboxylic acids is 1. The zero-order valence-corrected chi connectivity index (χ0v) is 11.3. The number of amides is 1. The minimum absolute atomic E-state index is 0.180. The Morgan fingerprint density at radius 3 is 2.53 bits per heavy atom. The molecule has 1 aliphatic heterocycles. The summed E-state index contributed by atoms with van der Waals surface area (Å²) < 4.78 is 0. The maximum absolute atomic E-state index is 11.9. The van der Waals surface area contributed by atoms with Gasteiger partial charge in [0, 0.05) is 25.2 Å². The number of hydrogen-bond donors (Lipinski definition) is 2. The molecule has 0 aromatic heterocycles. The third-order valence-corrected chi connectivity index (χ3v) is 4.46. The lowest BCUT2D eigenvalue weighted by Crippen LogP contribution is -2.65. The van der Waals surface area contributed by atoms with Gasteiger partial charge in [0.1, 0.15) is 0 Å². The largest absolute Gasteiger partial charge is 0.353 e. The lowest BCUT2D eigenvalue weighted by molar-refractivity contribution is -0.137. The Hall–Kier alpha value is -0.610. The molecule has 2 aliphatic rings. The highest BCUT2D eigenvalue weighted by atomic mass is 16.2. The van der Waals surface area contributed by atoms with Gasteiger partial charge in [0.2, 0.25) is 5.91 Å². The molecule has 0 unspecified atom stereocenters. The van der Waals surface area contributed by atoms with Crippen molar-refractivity contribution in [3.05, 3.63) is 0 Å². The van der Waals surface area contributed by atoms with Gasteiger partial charge in [0.05, 0.1) is 5.54 Å². The number of piperazine rings is 1. The summed E-state index contributed by atoms with van der Waals surface area (Å²) in [6, 6.07) is 1.26. The standard InChI is InChI=1S/C13H25N3O/c1-13(2)12(17)15-8-9-16(13)11-6-4-10(14-3)5-7-11/h10-11,14H,4-9H2,1-3H3,(H,15,17). The van der Waals surface area contributed by atoms with Gasteiger partial charge in [-0.2, -0.15) is 0 Å². The fourth-order valence-corrected chi connectivity index (χ4v) is 3.23. The van der Waals surface area contributed by atoms with E-state index in [1.54, 1.807) is 0 Å². The fourth-order valence-electron chi connectivity index (χ4n) is 3.23. The van der Waals surface area contributed by atoms with E-state index in [2.05, 4.69) is 15.5 Å². The first-order valence-electron chi connectivity index (χ1n) is 6.78. The van der Waals surface area contributed by atoms with E-state index >= 15 is 0 Å². The van der Waals surface area contributed by atoms with E-state index in [4.69, 9.17) is 0 Å². The van der Waals surface area contributed by atoms with Gasteiger partial charge < -0.3 is 10.6 Å². The van der Waals surface area contributed by atoms with Crippen LogP contribution in [-0.4, -0.2) is 48.6 Å². The van der Waals surface area contributed by atoms with Gasteiger partial charge in [-0.15, -0.1) is 0 Å². The highest BCUT2D eigenvalue weighted by molar-refractivity contribution is 5.86. The summed E-state index contributed by atoms with van der Waals surface area (Å²) in [6.45, 7) is 5.89. The molecule has 2 fully saturated rings. The molecule has 1 saturated heterocycles. The topological polar surface area (TPSA) is 44.4 Å². The van der Waals surface area contributed by atoms with Crippen molar-refractivity contribution >= 4 is 5.91 Å². The van der Waals surface area contributed by atoms with E-state index < -0.39 is 0 Å². The number of carbonyl (C=O) groups is 1. The van der Waals surface area contributed by atoms with Crippen LogP contribution in [0.5, 0.6) is 0 Å². The van der Waals surface area contributed by atoms with Gasteiger partial charge >= 0.3 is 0 Å². The van der Waals surface area contributed by atoms with Crippen molar-refractivity contribution in [1.82, 2.24) is 15.5 Å². The zero-order valence-electron chi connectivity index (χ0n) is 11.3. The van der Waals surface area contributed by atoms with E-state index in [1.165, 1.54) is 25.7 Å². The molecule has 0 aromatic rings. The second-order valence-electron chi connectivity index (χ2n) is 5.80. The minimum atomic E-state index is -0.338. The lowest BCUT2D eigenvalue weighted by Gasteiger charge is -2.47. The van der Waals surface area contributed by atoms with Gasteiger partial charge in [-0.3, -0.25) is 9.69 Å². The summed E-state index contributed by atoms with van der Waals surface area (Å²) in [5.74, 6) is 0.180. The van der Waals surface area contributed by atoms with Crippen LogP contribution in [0.4, 0.5) is 0 Å². The molecule has 0 atom stereocenters. The smallest absolute Gasteiger partial charge is 0.240 e. The number of nitrogens with zero attached hydrogens (tertiary/aromatic N) is 1. The third-order valence-electron chi connectivity index (χ3n) is 4.46. The molecule has 0 bridgehead atoms. The van der Waals surface area contributed by atoms with E-state index in [0.29, 0.717) is 12.1 Å². The van der Waals surface area contributed by atoms with Crippen LogP contribution < -0.4 is 10.6 Å².